The zero-order valence-electron chi connectivity index (χ0n) is 32.1. The monoisotopic (exact) mass is 759 g/mol. The second-order valence-electron chi connectivity index (χ2n) is 13.6. The molecule has 0 aliphatic carbocycles. The van der Waals surface area contributed by atoms with Gasteiger partial charge in [0.15, 0.2) is 6.29 Å². The van der Waals surface area contributed by atoms with Crippen LogP contribution in [-0.2, 0) is 22.6 Å². The highest BCUT2D eigenvalue weighted by Gasteiger charge is 2.27. The molecule has 6 aromatic rings. The van der Waals surface area contributed by atoms with Crippen LogP contribution in [0.3, 0.4) is 0 Å². The van der Waals surface area contributed by atoms with E-state index in [1.807, 2.05) is 85.5 Å². The maximum atomic E-state index is 12.2. The zero-order chi connectivity index (χ0) is 39.2. The van der Waals surface area contributed by atoms with E-state index in [0.717, 1.165) is 45.5 Å². The molecule has 7 rings (SSSR count). The fourth-order valence-electron chi connectivity index (χ4n) is 6.73. The third kappa shape index (κ3) is 8.37. The molecule has 0 amide bonds. The Morgan fingerprint density at radius 3 is 2.45 bits per heavy atom. The number of ether oxygens (including phenoxy) is 5. The molecule has 4 aromatic carbocycles. The fourth-order valence-corrected chi connectivity index (χ4v) is 6.73. The normalized spacial score (nSPS) is 13.0. The maximum Gasteiger partial charge on any atom is 0.294 e. The summed E-state index contributed by atoms with van der Waals surface area (Å²) >= 11 is 0. The lowest BCUT2D eigenvalue weighted by Gasteiger charge is -2.22. The number of nitro groups is 1. The van der Waals surface area contributed by atoms with Gasteiger partial charge in [-0.25, -0.2) is 9.97 Å². The van der Waals surface area contributed by atoms with Crippen molar-refractivity contribution in [3.05, 3.63) is 124 Å². The molecule has 1 saturated heterocycles. The van der Waals surface area contributed by atoms with E-state index in [1.165, 1.54) is 13.2 Å². The average molecular weight is 760 g/mol. The van der Waals surface area contributed by atoms with Crippen molar-refractivity contribution >= 4 is 33.9 Å². The summed E-state index contributed by atoms with van der Waals surface area (Å²) in [6.07, 6.45) is 3.18. The predicted molar refractivity (Wildman–Crippen MR) is 215 cm³/mol. The van der Waals surface area contributed by atoms with E-state index in [0.29, 0.717) is 61.5 Å². The molecule has 0 radical (unpaired) electrons. The number of fused-ring (bicyclic) bond motifs is 1. The first-order valence-electron chi connectivity index (χ1n) is 18.2. The number of aromatic nitrogens is 3. The van der Waals surface area contributed by atoms with Crippen LogP contribution in [0.15, 0.2) is 97.3 Å². The lowest BCUT2D eigenvalue weighted by atomic mass is 10.1. The average Bonchev–Trinajstić information content (AvgIpc) is 3.88. The van der Waals surface area contributed by atoms with Crippen LogP contribution in [0.2, 0.25) is 0 Å². The summed E-state index contributed by atoms with van der Waals surface area (Å²) in [5.41, 5.74) is 6.19. The zero-order valence-corrected chi connectivity index (χ0v) is 32.1. The van der Waals surface area contributed by atoms with Gasteiger partial charge in [-0.05, 0) is 55.6 Å². The van der Waals surface area contributed by atoms with Crippen LogP contribution >= 0.6 is 0 Å². The molecule has 14 heteroatoms. The third-order valence-corrected chi connectivity index (χ3v) is 9.66. The molecule has 2 aromatic heterocycles. The molecule has 1 N–H and O–H groups in total. The van der Waals surface area contributed by atoms with Gasteiger partial charge in [0.1, 0.15) is 29.5 Å². The number of anilines is 3. The van der Waals surface area contributed by atoms with Crippen LogP contribution in [0.4, 0.5) is 23.0 Å². The summed E-state index contributed by atoms with van der Waals surface area (Å²) in [7, 11) is 8.92. The fraction of sp³-hybridized carbons (Fsp3) is 0.286. The van der Waals surface area contributed by atoms with Gasteiger partial charge in [0.05, 0.1) is 49.3 Å². The van der Waals surface area contributed by atoms with Crippen LogP contribution in [0.1, 0.15) is 23.0 Å². The van der Waals surface area contributed by atoms with Gasteiger partial charge in [0.25, 0.3) is 5.69 Å². The molecule has 56 heavy (non-hydrogen) atoms. The molecule has 14 nitrogen and oxygen atoms in total. The van der Waals surface area contributed by atoms with Crippen LogP contribution < -0.4 is 24.4 Å². The second-order valence-corrected chi connectivity index (χ2v) is 13.6. The Hall–Kier alpha value is -6.22. The Bertz CT molecular complexity index is 2310. The molecule has 1 fully saturated rings. The van der Waals surface area contributed by atoms with Gasteiger partial charge in [-0.2, -0.15) is 0 Å². The summed E-state index contributed by atoms with van der Waals surface area (Å²) < 4.78 is 31.7. The molecular weight excluding hydrogens is 715 g/mol. The van der Waals surface area contributed by atoms with E-state index in [2.05, 4.69) is 39.3 Å². The van der Waals surface area contributed by atoms with E-state index < -0.39 is 11.2 Å². The minimum Gasteiger partial charge on any atom is -0.497 e. The Morgan fingerprint density at radius 2 is 1.71 bits per heavy atom. The van der Waals surface area contributed by atoms with Gasteiger partial charge in [-0.15, -0.1) is 0 Å². The highest BCUT2D eigenvalue weighted by Crippen LogP contribution is 2.40. The van der Waals surface area contributed by atoms with Gasteiger partial charge in [0, 0.05) is 67.7 Å². The molecule has 3 heterocycles. The first-order chi connectivity index (χ1) is 27.2. The minimum absolute atomic E-state index is 0.0586. The van der Waals surface area contributed by atoms with Crippen LogP contribution in [0.25, 0.3) is 22.2 Å². The lowest BCUT2D eigenvalue weighted by Crippen LogP contribution is -2.28. The van der Waals surface area contributed by atoms with Gasteiger partial charge < -0.3 is 43.4 Å². The number of para-hydroxylation sites is 1. The Balaban J connectivity index is 1.19. The van der Waals surface area contributed by atoms with Gasteiger partial charge in [0.2, 0.25) is 5.95 Å². The van der Waals surface area contributed by atoms with Crippen molar-refractivity contribution in [3.63, 3.8) is 0 Å². The van der Waals surface area contributed by atoms with Gasteiger partial charge in [-0.1, -0.05) is 42.5 Å². The van der Waals surface area contributed by atoms with Crippen LogP contribution in [-0.4, -0.2) is 86.0 Å². The molecule has 1 aliphatic heterocycles. The summed E-state index contributed by atoms with van der Waals surface area (Å²) in [4.78, 5) is 25.1. The smallest absolute Gasteiger partial charge is 0.294 e. The summed E-state index contributed by atoms with van der Waals surface area (Å²) in [5, 5.41) is 16.4. The van der Waals surface area contributed by atoms with Crippen molar-refractivity contribution in [1.29, 1.82) is 0 Å². The molecule has 0 atom stereocenters. The Kier molecular flexibility index (Phi) is 11.6. The van der Waals surface area contributed by atoms with Crippen molar-refractivity contribution < 1.29 is 28.6 Å². The summed E-state index contributed by atoms with van der Waals surface area (Å²) in [6.45, 7) is 3.18. The quantitative estimate of drug-likeness (QED) is 0.0776. The molecule has 0 saturated carbocycles. The van der Waals surface area contributed by atoms with Crippen molar-refractivity contribution in [1.82, 2.24) is 19.4 Å². The van der Waals surface area contributed by atoms with Gasteiger partial charge >= 0.3 is 0 Å². The number of hydrogen-bond donors (Lipinski definition) is 1. The first kappa shape index (κ1) is 38.1. The maximum absolute atomic E-state index is 12.2. The van der Waals surface area contributed by atoms with E-state index in [-0.39, 0.29) is 11.6 Å². The highest BCUT2D eigenvalue weighted by molar-refractivity contribution is 5.95. The lowest BCUT2D eigenvalue weighted by molar-refractivity contribution is -0.384. The van der Waals surface area contributed by atoms with Crippen molar-refractivity contribution in [2.24, 2.45) is 0 Å². The number of methoxy groups -OCH3 is 2. The predicted octanol–water partition coefficient (Wildman–Crippen LogP) is 7.44. The number of nitrogens with one attached hydrogen (secondary N) is 1. The van der Waals surface area contributed by atoms with E-state index in [4.69, 9.17) is 28.7 Å². The molecule has 290 valence electrons. The molecule has 0 unspecified atom stereocenters. The summed E-state index contributed by atoms with van der Waals surface area (Å²) in [5.74, 6) is 2.17. The number of hydrogen-bond acceptors (Lipinski definition) is 12. The number of benzene rings is 4. The Labute approximate surface area is 325 Å². The van der Waals surface area contributed by atoms with E-state index in [1.54, 1.807) is 19.4 Å². The van der Waals surface area contributed by atoms with Crippen molar-refractivity contribution in [2.45, 2.75) is 19.4 Å². The van der Waals surface area contributed by atoms with Crippen LogP contribution in [0, 0.1) is 10.1 Å². The number of likely N-dealkylation sites (N-methyl/N-ethyl adjacent to an activating group) is 2. The Morgan fingerprint density at radius 1 is 0.929 bits per heavy atom. The molecule has 0 spiro atoms. The van der Waals surface area contributed by atoms with Crippen molar-refractivity contribution in [2.75, 3.05) is 71.9 Å². The number of rotatable bonds is 16. The number of nitrogens with zero attached hydrogens (tertiary/aromatic N) is 6. The highest BCUT2D eigenvalue weighted by atomic mass is 16.7. The second kappa shape index (κ2) is 17.1. The molecular formula is C42H45N7O7. The third-order valence-electron chi connectivity index (χ3n) is 9.66. The molecule has 1 aliphatic rings. The van der Waals surface area contributed by atoms with Crippen molar-refractivity contribution in [3.8, 4) is 28.5 Å². The minimum atomic E-state index is -0.561. The van der Waals surface area contributed by atoms with E-state index in [9.17, 15) is 10.1 Å². The topological polar surface area (TPSA) is 139 Å². The van der Waals surface area contributed by atoms with Crippen LogP contribution in [0.5, 0.6) is 17.2 Å². The van der Waals surface area contributed by atoms with Gasteiger partial charge in [-0.3, -0.25) is 10.1 Å². The largest absolute Gasteiger partial charge is 0.497 e. The first-order valence-corrected chi connectivity index (χ1v) is 18.2. The number of nitro benzene ring substituents is 1. The molecule has 0 bridgehead atoms. The summed E-state index contributed by atoms with van der Waals surface area (Å²) in [6, 6.07) is 26.9. The SMILES string of the molecule is COc1ccc(COc2cccc(Cn3cc(-c4ccnc(Nc5cc([N+](=O)[O-])c(N(C)CCN(C)C)cc5OC)n4)c4ccccc43)c2C2OCCO2)cc1. The standard InChI is InChI=1S/C42H45N7O7/c1-46(2)19-20-47(3)36-24-39(53-5)34(23-37(36)49(50)51)45-42-43-18-17-33(44-42)32-26-48(35-11-7-6-10-31(32)35)25-29-9-8-12-38(40(29)41-54-21-22-55-41)56-27-28-13-15-30(52-4)16-14-28/h6-18,23-24,26,41H,19-22,25,27H2,1-5H3,(H,43,44,45). The van der Waals surface area contributed by atoms with E-state index >= 15 is 0 Å².